The molecule has 1 aliphatic heterocycles. The van der Waals surface area contributed by atoms with Crippen molar-refractivity contribution in [2.45, 2.75) is 6.92 Å². The molecule has 6 heteroatoms. The lowest BCUT2D eigenvalue weighted by molar-refractivity contribution is 0.396. The van der Waals surface area contributed by atoms with Crippen molar-refractivity contribution in [3.05, 3.63) is 11.8 Å². The zero-order valence-electron chi connectivity index (χ0n) is 9.47. The normalized spacial score (nSPS) is 17.0. The fraction of sp³-hybridized carbons (Fsp3) is 0.600. The fourth-order valence-corrected chi connectivity index (χ4v) is 3.47. The van der Waals surface area contributed by atoms with E-state index in [0.717, 1.165) is 36.2 Å². The van der Waals surface area contributed by atoms with E-state index in [1.165, 1.54) is 0 Å². The maximum atomic E-state index is 5.17. The van der Waals surface area contributed by atoms with Crippen LogP contribution < -0.4 is 9.64 Å². The number of methoxy groups -OCH3 is 1. The molecule has 4 nitrogen and oxygen atoms in total. The molecule has 0 unspecified atom stereocenters. The average molecular weight is 257 g/mol. The molecule has 0 spiro atoms. The first-order valence-electron chi connectivity index (χ1n) is 5.18. The van der Waals surface area contributed by atoms with E-state index in [0.29, 0.717) is 5.88 Å². The highest BCUT2D eigenvalue weighted by Crippen LogP contribution is 2.26. The Bertz CT molecular complexity index is 354. The molecule has 0 aliphatic carbocycles. The summed E-state index contributed by atoms with van der Waals surface area (Å²) in [5.41, 5.74) is 0.950. The largest absolute Gasteiger partial charge is 0.481 e. The van der Waals surface area contributed by atoms with Crippen molar-refractivity contribution in [1.82, 2.24) is 9.97 Å². The Morgan fingerprint density at radius 3 is 2.56 bits per heavy atom. The van der Waals surface area contributed by atoms with Crippen molar-refractivity contribution >= 4 is 27.5 Å². The molecule has 2 rings (SSSR count). The van der Waals surface area contributed by atoms with Crippen LogP contribution in [-0.4, -0.2) is 41.7 Å². The van der Waals surface area contributed by atoms with Crippen molar-refractivity contribution in [3.63, 3.8) is 0 Å². The van der Waals surface area contributed by atoms with Crippen molar-refractivity contribution < 1.29 is 4.74 Å². The van der Waals surface area contributed by atoms with Gasteiger partial charge >= 0.3 is 0 Å². The van der Waals surface area contributed by atoms with Gasteiger partial charge in [0.1, 0.15) is 0 Å². The molecule has 1 aromatic rings. The van der Waals surface area contributed by atoms with Crippen molar-refractivity contribution in [2.75, 3.05) is 36.6 Å². The van der Waals surface area contributed by atoms with Crippen LogP contribution in [-0.2, 0) is 0 Å². The van der Waals surface area contributed by atoms with Crippen LogP contribution in [0.15, 0.2) is 6.07 Å². The van der Waals surface area contributed by atoms with Crippen molar-refractivity contribution in [2.24, 2.45) is 0 Å². The lowest BCUT2D eigenvalue weighted by atomic mass is 10.4. The predicted molar refractivity (Wildman–Crippen MR) is 70.5 cm³/mol. The second-order valence-corrected chi connectivity index (χ2v) is 6.18. The van der Waals surface area contributed by atoms with Gasteiger partial charge in [0, 0.05) is 36.4 Å². The summed E-state index contributed by atoms with van der Waals surface area (Å²) < 4.78 is 5.17. The number of hydrogen-bond acceptors (Lipinski definition) is 6. The van der Waals surface area contributed by atoms with Crippen molar-refractivity contribution in [1.29, 1.82) is 0 Å². The van der Waals surface area contributed by atoms with E-state index in [1.54, 1.807) is 7.11 Å². The van der Waals surface area contributed by atoms with E-state index >= 15 is 0 Å². The minimum atomic E-state index is 0.645. The van der Waals surface area contributed by atoms with E-state index in [-0.39, 0.29) is 0 Å². The molecule has 0 amide bonds. The Labute approximate surface area is 104 Å². The third-order valence-corrected chi connectivity index (χ3v) is 4.65. The number of aryl methyl sites for hydroxylation is 1. The zero-order chi connectivity index (χ0) is 11.4. The molecule has 1 fully saturated rings. The summed E-state index contributed by atoms with van der Waals surface area (Å²) in [6, 6.07) is 1.85. The summed E-state index contributed by atoms with van der Waals surface area (Å²) in [7, 11) is 5.47. The van der Waals surface area contributed by atoms with Gasteiger partial charge in [-0.2, -0.15) is 4.98 Å². The molecule has 1 aliphatic rings. The van der Waals surface area contributed by atoms with Crippen LogP contribution in [0.3, 0.4) is 0 Å². The molecule has 0 atom stereocenters. The molecule has 16 heavy (non-hydrogen) atoms. The summed E-state index contributed by atoms with van der Waals surface area (Å²) in [4.78, 5) is 11.1. The first-order chi connectivity index (χ1) is 7.79. The Morgan fingerprint density at radius 1 is 1.25 bits per heavy atom. The quantitative estimate of drug-likeness (QED) is 0.754. The van der Waals surface area contributed by atoms with Gasteiger partial charge in [-0.25, -0.2) is 4.98 Å². The Hall–Kier alpha value is -0.620. The molecule has 0 N–H and O–H groups in total. The van der Waals surface area contributed by atoms with Crippen LogP contribution in [0, 0.1) is 6.92 Å². The van der Waals surface area contributed by atoms with Gasteiger partial charge in [0.25, 0.3) is 0 Å². The van der Waals surface area contributed by atoms with Gasteiger partial charge < -0.3 is 9.64 Å². The first kappa shape index (κ1) is 11.9. The lowest BCUT2D eigenvalue weighted by Crippen LogP contribution is -2.28. The standard InChI is InChI=1S/C10H15N3OS2/c1-8-7-9(14-2)12-10(11-8)13-3-5-15-16-6-4-13/h7H,3-6H2,1-2H3. The smallest absolute Gasteiger partial charge is 0.228 e. The highest BCUT2D eigenvalue weighted by Gasteiger charge is 2.14. The summed E-state index contributed by atoms with van der Waals surface area (Å²) in [6.45, 7) is 3.98. The third-order valence-electron chi connectivity index (χ3n) is 2.28. The molecular weight excluding hydrogens is 242 g/mol. The molecule has 1 aromatic heterocycles. The van der Waals surface area contributed by atoms with Gasteiger partial charge in [-0.15, -0.1) is 0 Å². The first-order valence-corrected chi connectivity index (χ1v) is 7.67. The van der Waals surface area contributed by atoms with Gasteiger partial charge in [-0.1, -0.05) is 21.6 Å². The number of ether oxygens (including phenoxy) is 1. The number of rotatable bonds is 2. The SMILES string of the molecule is COc1cc(C)nc(N2CCSSCC2)n1. The van der Waals surface area contributed by atoms with Crippen LogP contribution in [0.2, 0.25) is 0 Å². The minimum absolute atomic E-state index is 0.645. The van der Waals surface area contributed by atoms with Gasteiger partial charge in [0.05, 0.1) is 7.11 Å². The maximum absolute atomic E-state index is 5.17. The second-order valence-electron chi connectivity index (χ2n) is 3.48. The molecular formula is C10H15N3OS2. The van der Waals surface area contributed by atoms with Gasteiger partial charge in [0.2, 0.25) is 11.8 Å². The lowest BCUT2D eigenvalue weighted by Gasteiger charge is -2.20. The average Bonchev–Trinajstić information content (AvgIpc) is 2.56. The molecule has 2 heterocycles. The number of nitrogens with zero attached hydrogens (tertiary/aromatic N) is 3. The van der Waals surface area contributed by atoms with Crippen LogP contribution in [0.5, 0.6) is 5.88 Å². The van der Waals surface area contributed by atoms with Gasteiger partial charge in [-0.3, -0.25) is 0 Å². The molecule has 0 saturated carbocycles. The summed E-state index contributed by atoms with van der Waals surface area (Å²) in [6.07, 6.45) is 0. The summed E-state index contributed by atoms with van der Waals surface area (Å²) in [5.74, 6) is 3.67. The van der Waals surface area contributed by atoms with Crippen molar-refractivity contribution in [3.8, 4) is 5.88 Å². The van der Waals surface area contributed by atoms with Crippen LogP contribution in [0.1, 0.15) is 5.69 Å². The number of hydrogen-bond donors (Lipinski definition) is 0. The number of anilines is 1. The van der Waals surface area contributed by atoms with E-state index in [4.69, 9.17) is 4.74 Å². The summed E-state index contributed by atoms with van der Waals surface area (Å²) >= 11 is 0. The highest BCUT2D eigenvalue weighted by atomic mass is 33.1. The molecule has 0 aromatic carbocycles. The van der Waals surface area contributed by atoms with E-state index in [2.05, 4.69) is 14.9 Å². The molecule has 1 saturated heterocycles. The topological polar surface area (TPSA) is 38.2 Å². The number of aromatic nitrogens is 2. The Balaban J connectivity index is 2.20. The monoisotopic (exact) mass is 257 g/mol. The zero-order valence-corrected chi connectivity index (χ0v) is 11.1. The molecule has 0 bridgehead atoms. The van der Waals surface area contributed by atoms with Gasteiger partial charge in [-0.05, 0) is 6.92 Å². The van der Waals surface area contributed by atoms with E-state index in [9.17, 15) is 0 Å². The van der Waals surface area contributed by atoms with Crippen LogP contribution in [0.25, 0.3) is 0 Å². The minimum Gasteiger partial charge on any atom is -0.481 e. The summed E-state index contributed by atoms with van der Waals surface area (Å²) in [5, 5.41) is 0. The molecule has 88 valence electrons. The van der Waals surface area contributed by atoms with Crippen LogP contribution in [0.4, 0.5) is 5.95 Å². The van der Waals surface area contributed by atoms with E-state index in [1.807, 2.05) is 34.6 Å². The Kier molecular flexibility index (Phi) is 4.17. The predicted octanol–water partition coefficient (Wildman–Crippen LogP) is 2.00. The fourth-order valence-electron chi connectivity index (χ4n) is 1.50. The third kappa shape index (κ3) is 2.95. The second kappa shape index (κ2) is 5.63. The maximum Gasteiger partial charge on any atom is 0.228 e. The highest BCUT2D eigenvalue weighted by molar-refractivity contribution is 8.76. The van der Waals surface area contributed by atoms with Gasteiger partial charge in [0.15, 0.2) is 0 Å². The van der Waals surface area contributed by atoms with E-state index < -0.39 is 0 Å². The Morgan fingerprint density at radius 2 is 1.94 bits per heavy atom. The molecule has 0 radical (unpaired) electrons. The van der Waals surface area contributed by atoms with Crippen LogP contribution >= 0.6 is 21.6 Å².